The molecule has 1 saturated heterocycles. The van der Waals surface area contributed by atoms with E-state index >= 15 is 0 Å². The van der Waals surface area contributed by atoms with Gasteiger partial charge in [-0.05, 0) is 42.3 Å². The molecule has 3 rings (SSSR count). The van der Waals surface area contributed by atoms with Crippen LogP contribution in [0.15, 0.2) is 51.8 Å². The Hall–Kier alpha value is -2.23. The molecule has 0 unspecified atom stereocenters. The van der Waals surface area contributed by atoms with E-state index in [0.717, 1.165) is 10.0 Å². The maximum absolute atomic E-state index is 13.1. The van der Waals surface area contributed by atoms with Crippen molar-refractivity contribution in [3.63, 3.8) is 0 Å². The second-order valence-corrected chi connectivity index (χ2v) is 9.61. The lowest BCUT2D eigenvalue weighted by Gasteiger charge is -2.34. The highest BCUT2D eigenvalue weighted by Gasteiger charge is 2.31. The van der Waals surface area contributed by atoms with E-state index in [-0.39, 0.29) is 24.8 Å². The Morgan fingerprint density at radius 2 is 1.66 bits per heavy atom. The summed E-state index contributed by atoms with van der Waals surface area (Å²) in [6.07, 6.45) is 0.614. The Labute approximate surface area is 179 Å². The number of sulfonamides is 1. The van der Waals surface area contributed by atoms with Crippen molar-refractivity contribution in [1.29, 1.82) is 5.41 Å². The van der Waals surface area contributed by atoms with E-state index in [1.54, 1.807) is 41.3 Å². The Balaban J connectivity index is 1.71. The standard InChI is InChI=1S/C20H23BrN4O3S/c1-2-14-13-17(21)7-8-18(14)29(27,28)25-11-9-24(10-12-25)20(26)16-5-3-15(4-6-16)19(22)23/h3-8,13H,2,9-12H2,1H3,(H3,22,23). The van der Waals surface area contributed by atoms with Crippen LogP contribution in [0.4, 0.5) is 0 Å². The molecule has 1 fully saturated rings. The van der Waals surface area contributed by atoms with Gasteiger partial charge in [0.15, 0.2) is 0 Å². The quantitative estimate of drug-likeness (QED) is 0.507. The average Bonchev–Trinajstić information content (AvgIpc) is 2.73. The summed E-state index contributed by atoms with van der Waals surface area (Å²) >= 11 is 3.39. The number of nitrogens with two attached hydrogens (primary N) is 1. The van der Waals surface area contributed by atoms with Crippen LogP contribution in [-0.4, -0.2) is 55.5 Å². The molecule has 7 nitrogen and oxygen atoms in total. The molecular weight excluding hydrogens is 456 g/mol. The van der Waals surface area contributed by atoms with Crippen LogP contribution in [0.1, 0.15) is 28.4 Å². The number of nitrogens with zero attached hydrogens (tertiary/aromatic N) is 2. The maximum atomic E-state index is 13.1. The molecule has 29 heavy (non-hydrogen) atoms. The van der Waals surface area contributed by atoms with Crippen LogP contribution >= 0.6 is 15.9 Å². The Morgan fingerprint density at radius 3 is 2.21 bits per heavy atom. The Kier molecular flexibility index (Phi) is 6.40. The van der Waals surface area contributed by atoms with Crippen molar-refractivity contribution < 1.29 is 13.2 Å². The molecule has 0 aliphatic carbocycles. The van der Waals surface area contributed by atoms with Gasteiger partial charge in [-0.2, -0.15) is 4.31 Å². The van der Waals surface area contributed by atoms with Crippen LogP contribution in [0.5, 0.6) is 0 Å². The fraction of sp³-hybridized carbons (Fsp3) is 0.300. The third kappa shape index (κ3) is 4.52. The van der Waals surface area contributed by atoms with E-state index in [4.69, 9.17) is 11.1 Å². The minimum Gasteiger partial charge on any atom is -0.384 e. The largest absolute Gasteiger partial charge is 0.384 e. The molecule has 3 N–H and O–H groups in total. The molecule has 0 aromatic heterocycles. The lowest BCUT2D eigenvalue weighted by Crippen LogP contribution is -2.50. The van der Waals surface area contributed by atoms with Gasteiger partial charge >= 0.3 is 0 Å². The van der Waals surface area contributed by atoms with E-state index in [1.807, 2.05) is 13.0 Å². The topological polar surface area (TPSA) is 108 Å². The maximum Gasteiger partial charge on any atom is 0.253 e. The number of nitrogen functional groups attached to an aromatic ring is 1. The SMILES string of the molecule is CCc1cc(Br)ccc1S(=O)(=O)N1CCN(C(=O)c2ccc(C(=N)N)cc2)CC1. The lowest BCUT2D eigenvalue weighted by atomic mass is 10.1. The molecular formula is C20H23BrN4O3S. The van der Waals surface area contributed by atoms with Gasteiger partial charge in [0.25, 0.3) is 5.91 Å². The highest BCUT2D eigenvalue weighted by molar-refractivity contribution is 9.10. The smallest absolute Gasteiger partial charge is 0.253 e. The van der Waals surface area contributed by atoms with Crippen LogP contribution in [0.25, 0.3) is 0 Å². The van der Waals surface area contributed by atoms with Crippen molar-refractivity contribution in [3.8, 4) is 0 Å². The van der Waals surface area contributed by atoms with Gasteiger partial charge in [0.2, 0.25) is 10.0 Å². The van der Waals surface area contributed by atoms with Gasteiger partial charge < -0.3 is 10.6 Å². The second-order valence-electron chi connectivity index (χ2n) is 6.79. The van der Waals surface area contributed by atoms with Crippen LogP contribution in [0, 0.1) is 5.41 Å². The average molecular weight is 479 g/mol. The first-order valence-corrected chi connectivity index (χ1v) is 11.5. The number of amides is 1. The van der Waals surface area contributed by atoms with Crippen molar-refractivity contribution in [2.75, 3.05) is 26.2 Å². The number of carbonyl (C=O) groups excluding carboxylic acids is 1. The summed E-state index contributed by atoms with van der Waals surface area (Å²) in [6, 6.07) is 11.7. The van der Waals surface area contributed by atoms with Gasteiger partial charge in [-0.15, -0.1) is 0 Å². The third-order valence-corrected chi connectivity index (χ3v) is 7.48. The summed E-state index contributed by atoms with van der Waals surface area (Å²) < 4.78 is 28.5. The summed E-state index contributed by atoms with van der Waals surface area (Å²) in [6.45, 7) is 3.07. The summed E-state index contributed by atoms with van der Waals surface area (Å²) in [7, 11) is -3.61. The molecule has 1 amide bonds. The van der Waals surface area contributed by atoms with E-state index < -0.39 is 10.0 Å². The number of nitrogens with one attached hydrogen (secondary N) is 1. The molecule has 1 aliphatic rings. The molecule has 1 heterocycles. The lowest BCUT2D eigenvalue weighted by molar-refractivity contribution is 0.0698. The first kappa shape index (κ1) is 21.5. The van der Waals surface area contributed by atoms with Gasteiger partial charge in [-0.3, -0.25) is 10.2 Å². The van der Waals surface area contributed by atoms with E-state index in [2.05, 4.69) is 15.9 Å². The Morgan fingerprint density at radius 1 is 1.07 bits per heavy atom. The summed E-state index contributed by atoms with van der Waals surface area (Å²) in [4.78, 5) is 14.7. The molecule has 2 aromatic rings. The van der Waals surface area contributed by atoms with Crippen LogP contribution in [-0.2, 0) is 16.4 Å². The molecule has 1 aliphatic heterocycles. The Bertz CT molecular complexity index is 1030. The molecule has 2 aromatic carbocycles. The third-order valence-electron chi connectivity index (χ3n) is 4.99. The number of rotatable bonds is 5. The zero-order valence-electron chi connectivity index (χ0n) is 16.1. The van der Waals surface area contributed by atoms with Crippen molar-refractivity contribution in [1.82, 2.24) is 9.21 Å². The zero-order valence-corrected chi connectivity index (χ0v) is 18.5. The van der Waals surface area contributed by atoms with Crippen molar-refractivity contribution in [2.24, 2.45) is 5.73 Å². The van der Waals surface area contributed by atoms with Gasteiger partial charge in [-0.1, -0.05) is 35.0 Å². The molecule has 0 atom stereocenters. The monoisotopic (exact) mass is 478 g/mol. The van der Waals surface area contributed by atoms with E-state index in [1.165, 1.54) is 4.31 Å². The molecule has 9 heteroatoms. The van der Waals surface area contributed by atoms with Gasteiger partial charge in [-0.25, -0.2) is 8.42 Å². The normalized spacial score (nSPS) is 15.3. The highest BCUT2D eigenvalue weighted by Crippen LogP contribution is 2.25. The van der Waals surface area contributed by atoms with Crippen molar-refractivity contribution >= 4 is 37.7 Å². The number of benzene rings is 2. The highest BCUT2D eigenvalue weighted by atomic mass is 79.9. The van der Waals surface area contributed by atoms with Crippen LogP contribution in [0.2, 0.25) is 0 Å². The fourth-order valence-electron chi connectivity index (χ4n) is 3.32. The molecule has 0 spiro atoms. The van der Waals surface area contributed by atoms with Crippen LogP contribution < -0.4 is 5.73 Å². The molecule has 0 radical (unpaired) electrons. The minimum atomic E-state index is -3.61. The van der Waals surface area contributed by atoms with E-state index in [9.17, 15) is 13.2 Å². The number of hydrogen-bond donors (Lipinski definition) is 2. The minimum absolute atomic E-state index is 0.0535. The number of carbonyl (C=O) groups is 1. The molecule has 0 bridgehead atoms. The number of halogens is 1. The number of amidine groups is 1. The molecule has 154 valence electrons. The summed E-state index contributed by atoms with van der Waals surface area (Å²) in [5, 5.41) is 7.42. The first-order valence-electron chi connectivity index (χ1n) is 9.26. The number of hydrogen-bond acceptors (Lipinski definition) is 4. The first-order chi connectivity index (χ1) is 13.7. The second kappa shape index (κ2) is 8.64. The molecule has 0 saturated carbocycles. The zero-order chi connectivity index (χ0) is 21.2. The van der Waals surface area contributed by atoms with Gasteiger partial charge in [0.1, 0.15) is 5.84 Å². The fourth-order valence-corrected chi connectivity index (χ4v) is 5.43. The van der Waals surface area contributed by atoms with Crippen LogP contribution in [0.3, 0.4) is 0 Å². The van der Waals surface area contributed by atoms with Gasteiger partial charge in [0.05, 0.1) is 4.90 Å². The number of aryl methyl sites for hydroxylation is 1. The van der Waals surface area contributed by atoms with Gasteiger partial charge in [0, 0.05) is 41.8 Å². The summed E-state index contributed by atoms with van der Waals surface area (Å²) in [5.74, 6) is -0.211. The van der Waals surface area contributed by atoms with Crippen molar-refractivity contribution in [3.05, 3.63) is 63.6 Å². The van der Waals surface area contributed by atoms with Crippen molar-refractivity contribution in [2.45, 2.75) is 18.2 Å². The summed E-state index contributed by atoms with van der Waals surface area (Å²) in [5.41, 5.74) is 7.25. The predicted molar refractivity (Wildman–Crippen MR) is 116 cm³/mol. The number of piperazine rings is 1. The van der Waals surface area contributed by atoms with E-state index in [0.29, 0.717) is 35.5 Å². The predicted octanol–water partition coefficient (Wildman–Crippen LogP) is 2.44.